The molecule has 4 heterocycles. The first kappa shape index (κ1) is 37.9. The molecule has 15 heteroatoms. The van der Waals surface area contributed by atoms with Crippen molar-refractivity contribution < 1.29 is 32.6 Å². The Labute approximate surface area is 317 Å². The van der Waals surface area contributed by atoms with Gasteiger partial charge in [0, 0.05) is 64.0 Å². The van der Waals surface area contributed by atoms with Gasteiger partial charge in [-0.1, -0.05) is 18.2 Å². The van der Waals surface area contributed by atoms with Crippen LogP contribution >= 0.6 is 31.9 Å². The van der Waals surface area contributed by atoms with Gasteiger partial charge in [-0.15, -0.1) is 0 Å². The van der Waals surface area contributed by atoms with Gasteiger partial charge in [-0.05, 0) is 125 Å². The third-order valence-electron chi connectivity index (χ3n) is 11.1. The van der Waals surface area contributed by atoms with E-state index in [2.05, 4.69) is 37.2 Å². The van der Waals surface area contributed by atoms with Gasteiger partial charge in [0.25, 0.3) is 5.91 Å². The number of carbonyl (C=O) groups excluding carboxylic acids is 3. The highest BCUT2D eigenvalue weighted by Crippen LogP contribution is 2.36. The number of hydrogen-bond donors (Lipinski definition) is 2. The van der Waals surface area contributed by atoms with Crippen molar-refractivity contribution in [2.45, 2.75) is 70.4 Å². The number of aromatic hydroxyl groups is 1. The van der Waals surface area contributed by atoms with Crippen LogP contribution in [0.2, 0.25) is 0 Å². The van der Waals surface area contributed by atoms with Crippen molar-refractivity contribution in [2.24, 2.45) is 11.8 Å². The van der Waals surface area contributed by atoms with E-state index in [1.807, 2.05) is 29.2 Å². The van der Waals surface area contributed by atoms with Gasteiger partial charge in [-0.3, -0.25) is 4.79 Å². The summed E-state index contributed by atoms with van der Waals surface area (Å²) in [7, 11) is -3.18. The van der Waals surface area contributed by atoms with Crippen LogP contribution in [0.3, 0.4) is 0 Å². The van der Waals surface area contributed by atoms with Crippen molar-refractivity contribution in [3.8, 4) is 5.75 Å². The molecule has 6 rings (SSSR count). The molecule has 0 bridgehead atoms. The number of ether oxygens (including phenoxy) is 1. The summed E-state index contributed by atoms with van der Waals surface area (Å²) in [4.78, 5) is 46.1. The number of benzene rings is 2. The highest BCUT2D eigenvalue weighted by atomic mass is 79.9. The van der Waals surface area contributed by atoms with Crippen LogP contribution in [0, 0.1) is 11.8 Å². The Morgan fingerprint density at radius 2 is 1.49 bits per heavy atom. The number of anilines is 1. The minimum Gasteiger partial charge on any atom is -0.506 e. The number of nitrogens with one attached hydrogen (secondary N) is 1. The Morgan fingerprint density at radius 1 is 0.902 bits per heavy atom. The summed E-state index contributed by atoms with van der Waals surface area (Å²) in [6.45, 7) is 5.27. The van der Waals surface area contributed by atoms with Gasteiger partial charge in [0.1, 0.15) is 5.75 Å². The van der Waals surface area contributed by atoms with Crippen LogP contribution in [-0.2, 0) is 32.4 Å². The predicted molar refractivity (Wildman–Crippen MR) is 201 cm³/mol. The Morgan fingerprint density at radius 3 is 2.12 bits per heavy atom. The maximum Gasteiger partial charge on any atom is 0.410 e. The third kappa shape index (κ3) is 8.85. The number of para-hydroxylation sites is 1. The topological polar surface area (TPSA) is 140 Å². The molecule has 0 saturated carbocycles. The molecule has 4 amide bonds. The molecule has 0 spiro atoms. The Kier molecular flexibility index (Phi) is 12.2. The lowest BCUT2D eigenvalue weighted by Crippen LogP contribution is -2.52. The molecule has 4 aliphatic rings. The molecule has 3 fully saturated rings. The first-order chi connectivity index (χ1) is 24.4. The van der Waals surface area contributed by atoms with Crippen LogP contribution in [0.4, 0.5) is 15.3 Å². The number of carbonyl (C=O) groups is 3. The van der Waals surface area contributed by atoms with Crippen LogP contribution in [0.1, 0.15) is 56.6 Å². The van der Waals surface area contributed by atoms with E-state index in [-0.39, 0.29) is 35.9 Å². The number of amides is 4. The van der Waals surface area contributed by atoms with E-state index >= 15 is 0 Å². The molecule has 3 saturated heterocycles. The lowest BCUT2D eigenvalue weighted by Gasteiger charge is -2.40. The molecule has 1 atom stereocenters. The fraction of sp³-hybridized carbons (Fsp3) is 0.583. The van der Waals surface area contributed by atoms with Crippen LogP contribution in [0.5, 0.6) is 5.75 Å². The van der Waals surface area contributed by atoms with E-state index in [4.69, 9.17) is 4.74 Å². The number of nitrogens with zero attached hydrogens (tertiary/aromatic N) is 4. The second-order valence-electron chi connectivity index (χ2n) is 14.0. The summed E-state index contributed by atoms with van der Waals surface area (Å²) in [6.07, 6.45) is 3.77. The van der Waals surface area contributed by atoms with Gasteiger partial charge >= 0.3 is 12.1 Å². The van der Waals surface area contributed by atoms with Gasteiger partial charge in [-0.25, -0.2) is 22.3 Å². The van der Waals surface area contributed by atoms with E-state index in [1.165, 1.54) is 0 Å². The van der Waals surface area contributed by atoms with Gasteiger partial charge in [0.15, 0.2) is 6.10 Å². The van der Waals surface area contributed by atoms with Crippen LogP contribution in [0.15, 0.2) is 45.3 Å². The monoisotopic (exact) mass is 851 g/mol. The van der Waals surface area contributed by atoms with Crippen molar-refractivity contribution in [3.05, 3.63) is 56.5 Å². The van der Waals surface area contributed by atoms with Gasteiger partial charge < -0.3 is 29.9 Å². The fourth-order valence-corrected chi connectivity index (χ4v) is 10.4. The molecule has 2 aromatic rings. The molecular formula is C36H47Br2N5O7S. The average Bonchev–Trinajstić information content (AvgIpc) is 3.31. The molecule has 278 valence electrons. The summed E-state index contributed by atoms with van der Waals surface area (Å²) in [5.74, 6) is 0.745. The Balaban J connectivity index is 1.07. The Bertz CT molecular complexity index is 1680. The van der Waals surface area contributed by atoms with Gasteiger partial charge in [0.05, 0.1) is 14.7 Å². The predicted octanol–water partition coefficient (Wildman–Crippen LogP) is 5.82. The minimum atomic E-state index is -3.18. The molecule has 51 heavy (non-hydrogen) atoms. The van der Waals surface area contributed by atoms with E-state index in [0.717, 1.165) is 43.4 Å². The van der Waals surface area contributed by atoms with Crippen molar-refractivity contribution >= 4 is 65.6 Å². The largest absolute Gasteiger partial charge is 0.506 e. The molecule has 4 aliphatic heterocycles. The van der Waals surface area contributed by atoms with Crippen LogP contribution in [-0.4, -0.2) is 114 Å². The zero-order valence-corrected chi connectivity index (χ0v) is 32.9. The standard InChI is InChI=1S/C36H47Br2N5O7S/c1-2-51(48,49)42-18-9-26(10-19-42)25-7-14-40(15-8-25)34(45)32(23-24-21-29(37)33(44)30(38)22-24)50-36(47)41-16-12-28(13-17-41)43-20-11-27-5-3-4-6-31(27)39-35(43)46/h3-6,21-22,25-26,28,32,44H,2,7-20,23H2,1H3,(H,39,46)/t32-/m1/s1. The van der Waals surface area contributed by atoms with Crippen LogP contribution in [0.25, 0.3) is 0 Å². The number of sulfonamides is 1. The number of rotatable bonds is 8. The summed E-state index contributed by atoms with van der Waals surface area (Å²) >= 11 is 6.75. The lowest BCUT2D eigenvalue weighted by atomic mass is 9.79. The summed E-state index contributed by atoms with van der Waals surface area (Å²) in [5.41, 5.74) is 2.66. The van der Waals surface area contributed by atoms with E-state index in [0.29, 0.717) is 85.0 Å². The number of hydrogen-bond acceptors (Lipinski definition) is 7. The smallest absolute Gasteiger partial charge is 0.410 e. The first-order valence-electron chi connectivity index (χ1n) is 18.0. The van der Waals surface area contributed by atoms with Crippen LogP contribution < -0.4 is 5.32 Å². The van der Waals surface area contributed by atoms with Crippen molar-refractivity contribution in [2.75, 3.05) is 56.9 Å². The average molecular weight is 854 g/mol. The highest BCUT2D eigenvalue weighted by molar-refractivity contribution is 9.11. The number of phenols is 1. The third-order valence-corrected chi connectivity index (χ3v) is 14.2. The lowest BCUT2D eigenvalue weighted by molar-refractivity contribution is -0.142. The molecule has 0 aromatic heterocycles. The van der Waals surface area contributed by atoms with Crippen molar-refractivity contribution in [1.29, 1.82) is 0 Å². The molecule has 2 aromatic carbocycles. The Hall–Kier alpha value is -2.88. The van der Waals surface area contributed by atoms with Gasteiger partial charge in [0.2, 0.25) is 10.0 Å². The number of piperidine rings is 3. The van der Waals surface area contributed by atoms with Crippen molar-refractivity contribution in [1.82, 2.24) is 19.0 Å². The number of likely N-dealkylation sites (tertiary alicyclic amines) is 2. The number of phenolic OH excluding ortho intramolecular Hbond substituents is 1. The van der Waals surface area contributed by atoms with E-state index in [9.17, 15) is 27.9 Å². The highest BCUT2D eigenvalue weighted by Gasteiger charge is 2.38. The number of urea groups is 1. The normalized spacial score (nSPS) is 20.8. The molecule has 0 unspecified atom stereocenters. The summed E-state index contributed by atoms with van der Waals surface area (Å²) < 4.78 is 33.2. The van der Waals surface area contributed by atoms with Gasteiger partial charge in [-0.2, -0.15) is 0 Å². The maximum atomic E-state index is 14.1. The summed E-state index contributed by atoms with van der Waals surface area (Å²) in [6, 6.07) is 11.1. The molecular weight excluding hydrogens is 806 g/mol. The number of halogens is 2. The quantitative estimate of drug-likeness (QED) is 0.342. The zero-order valence-electron chi connectivity index (χ0n) is 28.9. The maximum absolute atomic E-state index is 14.1. The SMILES string of the molecule is CCS(=O)(=O)N1CCC(C2CCN(C(=O)[C@@H](Cc3cc(Br)c(O)c(Br)c3)OC(=O)N3CCC(N4CCc5ccccc5NC4=O)CC3)CC2)CC1. The van der Waals surface area contributed by atoms with Crippen molar-refractivity contribution in [3.63, 3.8) is 0 Å². The number of fused-ring (bicyclic) bond motifs is 1. The minimum absolute atomic E-state index is 0.0166. The molecule has 0 aliphatic carbocycles. The zero-order chi connectivity index (χ0) is 36.3. The molecule has 0 radical (unpaired) electrons. The summed E-state index contributed by atoms with van der Waals surface area (Å²) in [5, 5.41) is 13.3. The fourth-order valence-electron chi connectivity index (χ4n) is 8.03. The van der Waals surface area contributed by atoms with E-state index < -0.39 is 22.2 Å². The second-order valence-corrected chi connectivity index (χ2v) is 18.0. The second kappa shape index (κ2) is 16.4. The molecule has 12 nitrogen and oxygen atoms in total. The first-order valence-corrected chi connectivity index (χ1v) is 21.2. The molecule has 2 N–H and O–H groups in total. The van der Waals surface area contributed by atoms with E-state index in [1.54, 1.807) is 33.2 Å².